The highest BCUT2D eigenvalue weighted by Crippen LogP contribution is 2.15. The molecule has 0 saturated carbocycles. The van der Waals surface area contributed by atoms with Crippen LogP contribution in [0.15, 0.2) is 73.1 Å². The molecule has 1 unspecified atom stereocenters. The molecule has 3 aromatic rings. The number of amides is 2. The van der Waals surface area contributed by atoms with Crippen LogP contribution >= 0.6 is 0 Å². The van der Waals surface area contributed by atoms with E-state index in [2.05, 4.69) is 25.9 Å². The van der Waals surface area contributed by atoms with Crippen LogP contribution < -0.4 is 16.0 Å². The Labute approximate surface area is 163 Å². The highest BCUT2D eigenvalue weighted by molar-refractivity contribution is 5.98. The van der Waals surface area contributed by atoms with Crippen molar-refractivity contribution in [3.05, 3.63) is 84.2 Å². The standard InChI is InChI=1S/C21H21N5O2/c1-22-20(28)18(13-15-7-3-2-4-8-15)26-19(27)16-9-5-10-17(14-16)25-21-23-11-6-12-24-21/h2-12,14,18H,13H2,1H3,(H,22,28)(H,26,27)(H,23,24,25). The van der Waals surface area contributed by atoms with Crippen molar-refractivity contribution in [2.75, 3.05) is 12.4 Å². The zero-order chi connectivity index (χ0) is 19.8. The third kappa shape index (κ3) is 5.14. The van der Waals surface area contributed by atoms with Gasteiger partial charge in [-0.05, 0) is 29.8 Å². The second kappa shape index (κ2) is 9.27. The Morgan fingerprint density at radius 3 is 2.43 bits per heavy atom. The number of carbonyl (C=O) groups is 2. The molecule has 1 atom stereocenters. The molecule has 0 radical (unpaired) electrons. The topological polar surface area (TPSA) is 96.0 Å². The Hall–Kier alpha value is -3.74. The maximum atomic E-state index is 12.7. The van der Waals surface area contributed by atoms with Crippen molar-refractivity contribution in [3.8, 4) is 0 Å². The summed E-state index contributed by atoms with van der Waals surface area (Å²) in [6.07, 6.45) is 3.66. The van der Waals surface area contributed by atoms with Crippen molar-refractivity contribution < 1.29 is 9.59 Å². The predicted octanol–water partition coefficient (Wildman–Crippen LogP) is 2.31. The van der Waals surface area contributed by atoms with Gasteiger partial charge in [0.25, 0.3) is 5.91 Å². The molecular weight excluding hydrogens is 354 g/mol. The summed E-state index contributed by atoms with van der Waals surface area (Å²) in [6.45, 7) is 0. The van der Waals surface area contributed by atoms with E-state index in [1.165, 1.54) is 0 Å². The minimum absolute atomic E-state index is 0.246. The van der Waals surface area contributed by atoms with Crippen molar-refractivity contribution in [3.63, 3.8) is 0 Å². The monoisotopic (exact) mass is 375 g/mol. The van der Waals surface area contributed by atoms with Crippen LogP contribution in [0.1, 0.15) is 15.9 Å². The van der Waals surface area contributed by atoms with Gasteiger partial charge in [-0.15, -0.1) is 0 Å². The molecule has 0 bridgehead atoms. The molecule has 7 nitrogen and oxygen atoms in total. The Bertz CT molecular complexity index is 932. The van der Waals surface area contributed by atoms with Gasteiger partial charge in [-0.3, -0.25) is 9.59 Å². The predicted molar refractivity (Wildman–Crippen MR) is 107 cm³/mol. The van der Waals surface area contributed by atoms with E-state index in [0.717, 1.165) is 5.56 Å². The molecule has 2 aromatic carbocycles. The number of hydrogen-bond donors (Lipinski definition) is 3. The number of carbonyl (C=O) groups excluding carboxylic acids is 2. The van der Waals surface area contributed by atoms with Gasteiger partial charge in [-0.25, -0.2) is 9.97 Å². The molecule has 2 amide bonds. The van der Waals surface area contributed by atoms with E-state index in [0.29, 0.717) is 23.6 Å². The number of aromatic nitrogens is 2. The smallest absolute Gasteiger partial charge is 0.252 e. The number of likely N-dealkylation sites (N-methyl/N-ethyl adjacent to an activating group) is 1. The third-order valence-corrected chi connectivity index (χ3v) is 4.10. The summed E-state index contributed by atoms with van der Waals surface area (Å²) in [6, 6.07) is 17.6. The number of anilines is 2. The van der Waals surface area contributed by atoms with E-state index >= 15 is 0 Å². The van der Waals surface area contributed by atoms with Gasteiger partial charge in [0.1, 0.15) is 6.04 Å². The van der Waals surface area contributed by atoms with E-state index in [1.807, 2.05) is 36.4 Å². The lowest BCUT2D eigenvalue weighted by Crippen LogP contribution is -2.47. The second-order valence-electron chi connectivity index (χ2n) is 6.11. The summed E-state index contributed by atoms with van der Waals surface area (Å²) < 4.78 is 0. The fourth-order valence-corrected chi connectivity index (χ4v) is 2.71. The number of hydrogen-bond acceptors (Lipinski definition) is 5. The lowest BCUT2D eigenvalue weighted by Gasteiger charge is -2.18. The van der Waals surface area contributed by atoms with Gasteiger partial charge in [0.05, 0.1) is 0 Å². The van der Waals surface area contributed by atoms with E-state index in [-0.39, 0.29) is 11.8 Å². The highest BCUT2D eigenvalue weighted by Gasteiger charge is 2.21. The first-order valence-electron chi connectivity index (χ1n) is 8.86. The molecule has 0 saturated heterocycles. The molecule has 28 heavy (non-hydrogen) atoms. The summed E-state index contributed by atoms with van der Waals surface area (Å²) in [5.41, 5.74) is 2.08. The summed E-state index contributed by atoms with van der Waals surface area (Å²) >= 11 is 0. The van der Waals surface area contributed by atoms with Crippen LogP contribution in [0.4, 0.5) is 11.6 Å². The van der Waals surface area contributed by atoms with Crippen LogP contribution in [0.2, 0.25) is 0 Å². The summed E-state index contributed by atoms with van der Waals surface area (Å²) in [4.78, 5) is 33.2. The third-order valence-electron chi connectivity index (χ3n) is 4.10. The van der Waals surface area contributed by atoms with Crippen LogP contribution in [0.25, 0.3) is 0 Å². The molecule has 142 valence electrons. The Kier molecular flexibility index (Phi) is 6.30. The van der Waals surface area contributed by atoms with E-state index < -0.39 is 6.04 Å². The molecular formula is C21H21N5O2. The fraction of sp³-hybridized carbons (Fsp3) is 0.143. The van der Waals surface area contributed by atoms with Gasteiger partial charge in [-0.2, -0.15) is 0 Å². The van der Waals surface area contributed by atoms with Crippen molar-refractivity contribution in [2.45, 2.75) is 12.5 Å². The second-order valence-corrected chi connectivity index (χ2v) is 6.11. The lowest BCUT2D eigenvalue weighted by atomic mass is 10.0. The maximum Gasteiger partial charge on any atom is 0.252 e. The first-order valence-corrected chi connectivity index (χ1v) is 8.86. The van der Waals surface area contributed by atoms with E-state index in [4.69, 9.17) is 0 Å². The van der Waals surface area contributed by atoms with Crippen LogP contribution in [0, 0.1) is 0 Å². The van der Waals surface area contributed by atoms with Crippen molar-refractivity contribution in [1.82, 2.24) is 20.6 Å². The van der Waals surface area contributed by atoms with Gasteiger partial charge in [-0.1, -0.05) is 36.4 Å². The number of benzene rings is 2. The maximum absolute atomic E-state index is 12.7. The molecule has 3 N–H and O–H groups in total. The van der Waals surface area contributed by atoms with Crippen LogP contribution in [-0.2, 0) is 11.2 Å². The van der Waals surface area contributed by atoms with Gasteiger partial charge in [0.2, 0.25) is 11.9 Å². The Morgan fingerprint density at radius 1 is 0.964 bits per heavy atom. The number of nitrogens with zero attached hydrogens (tertiary/aromatic N) is 2. The zero-order valence-electron chi connectivity index (χ0n) is 15.4. The van der Waals surface area contributed by atoms with Crippen LogP contribution in [-0.4, -0.2) is 34.9 Å². The van der Waals surface area contributed by atoms with E-state index in [1.54, 1.807) is 43.7 Å². The molecule has 0 aliphatic carbocycles. The molecule has 3 rings (SSSR count). The summed E-state index contributed by atoms with van der Waals surface area (Å²) in [7, 11) is 1.55. The zero-order valence-corrected chi connectivity index (χ0v) is 15.4. The van der Waals surface area contributed by atoms with Gasteiger partial charge < -0.3 is 16.0 Å². The minimum Gasteiger partial charge on any atom is -0.357 e. The molecule has 1 heterocycles. The molecule has 0 aliphatic heterocycles. The number of rotatable bonds is 7. The largest absolute Gasteiger partial charge is 0.357 e. The van der Waals surface area contributed by atoms with Gasteiger partial charge >= 0.3 is 0 Å². The molecule has 0 aliphatic rings. The fourth-order valence-electron chi connectivity index (χ4n) is 2.71. The molecule has 7 heteroatoms. The quantitative estimate of drug-likeness (QED) is 0.589. The Morgan fingerprint density at radius 2 is 1.71 bits per heavy atom. The average Bonchev–Trinajstić information content (AvgIpc) is 2.74. The Balaban J connectivity index is 1.72. The summed E-state index contributed by atoms with van der Waals surface area (Å²) in [5, 5.41) is 8.46. The molecule has 1 aromatic heterocycles. The van der Waals surface area contributed by atoms with Gasteiger partial charge in [0.15, 0.2) is 0 Å². The molecule has 0 fully saturated rings. The molecule has 0 spiro atoms. The minimum atomic E-state index is -0.672. The summed E-state index contributed by atoms with van der Waals surface area (Å²) in [5.74, 6) is -0.140. The average molecular weight is 375 g/mol. The van der Waals surface area contributed by atoms with Crippen molar-refractivity contribution in [2.24, 2.45) is 0 Å². The van der Waals surface area contributed by atoms with Crippen LogP contribution in [0.3, 0.4) is 0 Å². The number of nitrogens with one attached hydrogen (secondary N) is 3. The van der Waals surface area contributed by atoms with E-state index in [9.17, 15) is 9.59 Å². The normalized spacial score (nSPS) is 11.3. The highest BCUT2D eigenvalue weighted by atomic mass is 16.2. The van der Waals surface area contributed by atoms with Crippen LogP contribution in [0.5, 0.6) is 0 Å². The van der Waals surface area contributed by atoms with Crippen molar-refractivity contribution >= 4 is 23.5 Å². The first-order chi connectivity index (χ1) is 13.7. The van der Waals surface area contributed by atoms with Gasteiger partial charge in [0, 0.05) is 37.1 Å². The lowest BCUT2D eigenvalue weighted by molar-refractivity contribution is -0.122. The SMILES string of the molecule is CNC(=O)C(Cc1ccccc1)NC(=O)c1cccc(Nc2ncccn2)c1. The van der Waals surface area contributed by atoms with Crippen molar-refractivity contribution in [1.29, 1.82) is 0 Å². The first kappa shape index (κ1) is 19.0.